The molecule has 0 unspecified atom stereocenters. The molecule has 0 saturated carbocycles. The highest BCUT2D eigenvalue weighted by molar-refractivity contribution is 6.22. The second-order valence-electron chi connectivity index (χ2n) is 12.9. The predicted molar refractivity (Wildman–Crippen MR) is 212 cm³/mol. The molecule has 0 aliphatic rings. The number of fused-ring (bicyclic) bond motifs is 8. The molecular weight excluding hydrogens is 607 g/mol. The van der Waals surface area contributed by atoms with Crippen molar-refractivity contribution in [3.05, 3.63) is 188 Å². The normalized spacial score (nSPS) is 11.6. The van der Waals surface area contributed by atoms with E-state index in [0.717, 1.165) is 44.6 Å². The van der Waals surface area contributed by atoms with E-state index >= 15 is 0 Å². The van der Waals surface area contributed by atoms with Crippen LogP contribution in [0.4, 0.5) is 17.1 Å². The van der Waals surface area contributed by atoms with Crippen LogP contribution in [0.2, 0.25) is 0 Å². The van der Waals surface area contributed by atoms with Gasteiger partial charge < -0.3 is 9.32 Å². The SMILES string of the molecule is c1ccc(-c2cc3oc4ccccc4c3c3cc(N(c4ccccc4)c4ccc(-c5ccc6c(ccc7ccccc76)c5)cc4)ccc23)cc1. The molecule has 50 heavy (non-hydrogen) atoms. The van der Waals surface area contributed by atoms with Crippen LogP contribution in [-0.4, -0.2) is 0 Å². The van der Waals surface area contributed by atoms with Gasteiger partial charge >= 0.3 is 0 Å². The lowest BCUT2D eigenvalue weighted by Crippen LogP contribution is -2.09. The molecule has 0 saturated heterocycles. The van der Waals surface area contributed by atoms with Crippen molar-refractivity contribution in [3.8, 4) is 22.3 Å². The zero-order valence-electron chi connectivity index (χ0n) is 27.3. The molecule has 10 rings (SSSR count). The van der Waals surface area contributed by atoms with Crippen LogP contribution in [0, 0.1) is 0 Å². The summed E-state index contributed by atoms with van der Waals surface area (Å²) in [6, 6.07) is 67.5. The van der Waals surface area contributed by atoms with Crippen LogP contribution in [0.15, 0.2) is 192 Å². The van der Waals surface area contributed by atoms with E-state index in [4.69, 9.17) is 4.42 Å². The van der Waals surface area contributed by atoms with Crippen molar-refractivity contribution >= 4 is 71.3 Å². The summed E-state index contributed by atoms with van der Waals surface area (Å²) < 4.78 is 6.48. The van der Waals surface area contributed by atoms with Gasteiger partial charge in [0.15, 0.2) is 0 Å². The van der Waals surface area contributed by atoms with Gasteiger partial charge in [0.05, 0.1) is 0 Å². The third-order valence-electron chi connectivity index (χ3n) is 10.0. The van der Waals surface area contributed by atoms with Crippen LogP contribution in [-0.2, 0) is 0 Å². The van der Waals surface area contributed by atoms with E-state index in [0.29, 0.717) is 0 Å². The Morgan fingerprint density at radius 1 is 0.320 bits per heavy atom. The van der Waals surface area contributed by atoms with Gasteiger partial charge in [-0.15, -0.1) is 0 Å². The first-order valence-corrected chi connectivity index (χ1v) is 17.1. The highest BCUT2D eigenvalue weighted by atomic mass is 16.3. The molecule has 0 amide bonds. The van der Waals surface area contributed by atoms with Crippen LogP contribution >= 0.6 is 0 Å². The Balaban J connectivity index is 1.13. The summed E-state index contributed by atoms with van der Waals surface area (Å²) >= 11 is 0. The summed E-state index contributed by atoms with van der Waals surface area (Å²) in [4.78, 5) is 2.35. The van der Waals surface area contributed by atoms with Crippen molar-refractivity contribution in [1.29, 1.82) is 0 Å². The van der Waals surface area contributed by atoms with Crippen LogP contribution in [0.25, 0.3) is 76.5 Å². The summed E-state index contributed by atoms with van der Waals surface area (Å²) in [6.07, 6.45) is 0. The molecule has 9 aromatic carbocycles. The quantitative estimate of drug-likeness (QED) is 0.175. The summed E-state index contributed by atoms with van der Waals surface area (Å²) in [7, 11) is 0. The summed E-state index contributed by atoms with van der Waals surface area (Å²) in [5.41, 5.74) is 9.82. The van der Waals surface area contributed by atoms with Crippen molar-refractivity contribution in [2.75, 3.05) is 4.90 Å². The average Bonchev–Trinajstić information content (AvgIpc) is 3.57. The lowest BCUT2D eigenvalue weighted by Gasteiger charge is -2.26. The minimum absolute atomic E-state index is 0.897. The maximum atomic E-state index is 6.48. The zero-order valence-corrected chi connectivity index (χ0v) is 27.3. The number of hydrogen-bond acceptors (Lipinski definition) is 2. The average molecular weight is 638 g/mol. The van der Waals surface area contributed by atoms with Crippen molar-refractivity contribution in [2.45, 2.75) is 0 Å². The minimum Gasteiger partial charge on any atom is -0.456 e. The van der Waals surface area contributed by atoms with Crippen molar-refractivity contribution in [3.63, 3.8) is 0 Å². The first-order valence-electron chi connectivity index (χ1n) is 17.1. The van der Waals surface area contributed by atoms with Gasteiger partial charge in [0, 0.05) is 27.8 Å². The standard InChI is InChI=1S/C48H31NO/c1-3-11-33(12-4-1)44-31-47-48(43-17-9-10-18-46(43)50-47)45-30-39(26-28-42(44)45)49(37-14-5-2-6-15-37)38-24-21-32(22-25-38)35-23-27-41-36(29-35)20-19-34-13-7-8-16-40(34)41/h1-31H. The van der Waals surface area contributed by atoms with E-state index in [-0.39, 0.29) is 0 Å². The molecule has 2 nitrogen and oxygen atoms in total. The second-order valence-corrected chi connectivity index (χ2v) is 12.9. The van der Waals surface area contributed by atoms with E-state index < -0.39 is 0 Å². The topological polar surface area (TPSA) is 16.4 Å². The summed E-state index contributed by atoms with van der Waals surface area (Å²) in [5.74, 6) is 0. The number of anilines is 3. The first kappa shape index (κ1) is 28.4. The maximum Gasteiger partial charge on any atom is 0.136 e. The van der Waals surface area contributed by atoms with Crippen LogP contribution < -0.4 is 4.90 Å². The fraction of sp³-hybridized carbons (Fsp3) is 0. The lowest BCUT2D eigenvalue weighted by molar-refractivity contribution is 0.669. The van der Waals surface area contributed by atoms with Gasteiger partial charge in [0.25, 0.3) is 0 Å². The Kier molecular flexibility index (Phi) is 6.53. The van der Waals surface area contributed by atoms with Gasteiger partial charge in [-0.05, 0) is 109 Å². The van der Waals surface area contributed by atoms with Crippen molar-refractivity contribution < 1.29 is 4.42 Å². The van der Waals surface area contributed by atoms with Gasteiger partial charge in [0.1, 0.15) is 11.2 Å². The molecule has 1 aromatic heterocycles. The molecule has 0 aliphatic carbocycles. The molecule has 0 atom stereocenters. The molecule has 1 heterocycles. The number of rotatable bonds is 5. The van der Waals surface area contributed by atoms with Crippen LogP contribution in [0.5, 0.6) is 0 Å². The number of furan rings is 1. The van der Waals surface area contributed by atoms with E-state index in [9.17, 15) is 0 Å². The maximum absolute atomic E-state index is 6.48. The van der Waals surface area contributed by atoms with E-state index in [1.165, 1.54) is 49.0 Å². The highest BCUT2D eigenvalue weighted by Gasteiger charge is 2.19. The smallest absolute Gasteiger partial charge is 0.136 e. The lowest BCUT2D eigenvalue weighted by atomic mass is 9.94. The van der Waals surface area contributed by atoms with Crippen LogP contribution in [0.1, 0.15) is 0 Å². The highest BCUT2D eigenvalue weighted by Crippen LogP contribution is 2.44. The van der Waals surface area contributed by atoms with Gasteiger partial charge in [-0.25, -0.2) is 0 Å². The fourth-order valence-corrected chi connectivity index (χ4v) is 7.64. The van der Waals surface area contributed by atoms with Gasteiger partial charge in [-0.2, -0.15) is 0 Å². The van der Waals surface area contributed by atoms with Gasteiger partial charge in [0.2, 0.25) is 0 Å². The fourth-order valence-electron chi connectivity index (χ4n) is 7.64. The van der Waals surface area contributed by atoms with E-state index in [1.807, 2.05) is 6.07 Å². The van der Waals surface area contributed by atoms with Gasteiger partial charge in [-0.3, -0.25) is 0 Å². The molecule has 0 aliphatic heterocycles. The Morgan fingerprint density at radius 3 is 1.78 bits per heavy atom. The predicted octanol–water partition coefficient (Wildman–Crippen LogP) is 13.8. The molecule has 0 radical (unpaired) electrons. The molecule has 0 fully saturated rings. The third kappa shape index (κ3) is 4.65. The number of benzene rings is 9. The first-order chi connectivity index (χ1) is 24.8. The Hall–Kier alpha value is -6.64. The molecule has 234 valence electrons. The number of nitrogens with zero attached hydrogens (tertiary/aromatic N) is 1. The van der Waals surface area contributed by atoms with Crippen molar-refractivity contribution in [1.82, 2.24) is 0 Å². The van der Waals surface area contributed by atoms with Gasteiger partial charge in [-0.1, -0.05) is 133 Å². The number of para-hydroxylation sites is 2. The third-order valence-corrected chi connectivity index (χ3v) is 10.0. The minimum atomic E-state index is 0.897. The Labute approximate surface area is 290 Å². The number of hydrogen-bond donors (Lipinski definition) is 0. The molecular formula is C48H31NO. The van der Waals surface area contributed by atoms with E-state index in [1.54, 1.807) is 0 Å². The van der Waals surface area contributed by atoms with Crippen molar-refractivity contribution in [2.24, 2.45) is 0 Å². The zero-order chi connectivity index (χ0) is 33.0. The largest absolute Gasteiger partial charge is 0.456 e. The van der Waals surface area contributed by atoms with Crippen LogP contribution in [0.3, 0.4) is 0 Å². The summed E-state index contributed by atoms with van der Waals surface area (Å²) in [6.45, 7) is 0. The Morgan fingerprint density at radius 2 is 0.940 bits per heavy atom. The van der Waals surface area contributed by atoms with E-state index in [2.05, 4.69) is 187 Å². The molecule has 2 heteroatoms. The molecule has 10 aromatic rings. The second kappa shape index (κ2) is 11.5. The molecule has 0 bridgehead atoms. The molecule has 0 N–H and O–H groups in total. The summed E-state index contributed by atoms with van der Waals surface area (Å²) in [5, 5.41) is 9.73. The molecule has 0 spiro atoms. The Bertz CT molecular complexity index is 2850. The monoisotopic (exact) mass is 637 g/mol.